The average Bonchev–Trinajstić information content (AvgIpc) is 3.23. The van der Waals surface area contributed by atoms with Gasteiger partial charge in [0.15, 0.2) is 6.61 Å². The summed E-state index contributed by atoms with van der Waals surface area (Å²) in [7, 11) is -0.673. The van der Waals surface area contributed by atoms with Gasteiger partial charge in [0.2, 0.25) is 0 Å². The molecule has 3 rings (SSSR count). The third-order valence-electron chi connectivity index (χ3n) is 4.73. The number of carbonyl (C=O) groups excluding carboxylic acids is 1. The van der Waals surface area contributed by atoms with Gasteiger partial charge >= 0.3 is 7.12 Å². The summed E-state index contributed by atoms with van der Waals surface area (Å²) in [6.45, 7) is 7.61. The monoisotopic (exact) mass is 335 g/mol. The fraction of sp³-hybridized carbons (Fsp3) is 0.588. The zero-order valence-corrected chi connectivity index (χ0v) is 14.5. The van der Waals surface area contributed by atoms with Crippen LogP contribution in [-0.2, 0) is 14.1 Å². The summed E-state index contributed by atoms with van der Waals surface area (Å²) in [5.74, 6) is -0.371. The number of rotatable bonds is 5. The van der Waals surface area contributed by atoms with E-state index in [0.717, 1.165) is 12.8 Å². The maximum Gasteiger partial charge on any atom is 0.495 e. The van der Waals surface area contributed by atoms with Crippen molar-refractivity contribution in [1.82, 2.24) is 5.32 Å². The van der Waals surface area contributed by atoms with Crippen LogP contribution in [0.25, 0.3) is 0 Å². The normalized spacial score (nSPS) is 21.6. The predicted molar refractivity (Wildman–Crippen MR) is 88.8 cm³/mol. The molecule has 0 bridgehead atoms. The van der Waals surface area contributed by atoms with E-state index in [1.54, 1.807) is 6.07 Å². The molecular weight excluding hydrogens is 312 g/mol. The Kier molecular flexibility index (Phi) is 4.34. The summed E-state index contributed by atoms with van der Waals surface area (Å²) in [5, 5.41) is 2.82. The predicted octanol–water partition coefficient (Wildman–Crippen LogP) is 1.78. The molecule has 130 valence electrons. The maximum atomic E-state index is 13.9. The quantitative estimate of drug-likeness (QED) is 0.834. The van der Waals surface area contributed by atoms with Crippen molar-refractivity contribution in [1.29, 1.82) is 0 Å². The lowest BCUT2D eigenvalue weighted by molar-refractivity contribution is -0.123. The molecule has 5 nitrogen and oxygen atoms in total. The second kappa shape index (κ2) is 6.04. The van der Waals surface area contributed by atoms with E-state index >= 15 is 0 Å². The number of halogens is 1. The third-order valence-corrected chi connectivity index (χ3v) is 4.73. The van der Waals surface area contributed by atoms with Crippen LogP contribution in [0.5, 0.6) is 5.75 Å². The smallest absolute Gasteiger partial charge is 0.484 e. The van der Waals surface area contributed by atoms with Crippen molar-refractivity contribution in [3.63, 3.8) is 0 Å². The van der Waals surface area contributed by atoms with E-state index in [4.69, 9.17) is 14.0 Å². The molecule has 1 aromatic carbocycles. The number of ether oxygens (including phenoxy) is 1. The van der Waals surface area contributed by atoms with E-state index in [2.05, 4.69) is 5.32 Å². The van der Waals surface area contributed by atoms with Crippen molar-refractivity contribution in [2.45, 2.75) is 57.8 Å². The highest BCUT2D eigenvalue weighted by Gasteiger charge is 2.51. The molecule has 0 atom stereocenters. The molecule has 2 fully saturated rings. The van der Waals surface area contributed by atoms with E-state index in [1.807, 2.05) is 27.7 Å². The van der Waals surface area contributed by atoms with Gasteiger partial charge in [0, 0.05) is 12.1 Å². The highest BCUT2D eigenvalue weighted by Crippen LogP contribution is 2.36. The molecule has 1 heterocycles. The van der Waals surface area contributed by atoms with Crippen molar-refractivity contribution in [3.05, 3.63) is 24.0 Å². The van der Waals surface area contributed by atoms with E-state index in [9.17, 15) is 9.18 Å². The summed E-state index contributed by atoms with van der Waals surface area (Å²) in [4.78, 5) is 11.7. The van der Waals surface area contributed by atoms with Crippen LogP contribution in [0.2, 0.25) is 0 Å². The summed E-state index contributed by atoms with van der Waals surface area (Å²) in [6, 6.07) is 4.53. The third kappa shape index (κ3) is 3.73. The molecule has 1 N–H and O–H groups in total. The van der Waals surface area contributed by atoms with Gasteiger partial charge in [-0.1, -0.05) is 0 Å². The van der Waals surface area contributed by atoms with Crippen LogP contribution in [0.4, 0.5) is 4.39 Å². The fourth-order valence-electron chi connectivity index (χ4n) is 2.43. The van der Waals surface area contributed by atoms with Crippen molar-refractivity contribution < 1.29 is 23.2 Å². The van der Waals surface area contributed by atoms with E-state index in [0.29, 0.717) is 5.46 Å². The number of carbonyl (C=O) groups is 1. The van der Waals surface area contributed by atoms with Crippen molar-refractivity contribution in [3.8, 4) is 5.75 Å². The highest BCUT2D eigenvalue weighted by molar-refractivity contribution is 6.62. The van der Waals surface area contributed by atoms with Crippen LogP contribution in [0, 0.1) is 5.82 Å². The molecule has 0 unspecified atom stereocenters. The largest absolute Gasteiger partial charge is 0.495 e. The lowest BCUT2D eigenvalue weighted by Gasteiger charge is -2.32. The minimum absolute atomic E-state index is 0.136. The number of amides is 1. The topological polar surface area (TPSA) is 56.8 Å². The molecule has 1 saturated heterocycles. The number of hydrogen-bond donors (Lipinski definition) is 1. The van der Waals surface area contributed by atoms with Gasteiger partial charge in [0.05, 0.1) is 11.2 Å². The molecule has 1 amide bonds. The maximum absolute atomic E-state index is 13.9. The molecule has 1 aliphatic heterocycles. The average molecular weight is 335 g/mol. The van der Waals surface area contributed by atoms with E-state index < -0.39 is 24.1 Å². The summed E-state index contributed by atoms with van der Waals surface area (Å²) in [6.07, 6.45) is 2.02. The summed E-state index contributed by atoms with van der Waals surface area (Å²) >= 11 is 0. The zero-order valence-electron chi connectivity index (χ0n) is 14.5. The van der Waals surface area contributed by atoms with Crippen LogP contribution >= 0.6 is 0 Å². The molecule has 2 aliphatic rings. The number of nitrogens with one attached hydrogen (secondary N) is 1. The van der Waals surface area contributed by atoms with Gasteiger partial charge < -0.3 is 19.4 Å². The lowest BCUT2D eigenvalue weighted by Crippen LogP contribution is -2.41. The summed E-state index contributed by atoms with van der Waals surface area (Å²) in [5.41, 5.74) is -0.476. The second-order valence-electron chi connectivity index (χ2n) is 7.44. The Bertz CT molecular complexity index is 629. The Morgan fingerprint density at radius 3 is 2.46 bits per heavy atom. The molecule has 7 heteroatoms. The standard InChI is InChI=1S/C17H23BFNO4/c1-16(2)17(3,4)24-18(23-16)11-7-12(19)9-14(8-11)22-10-15(21)20-13-5-6-13/h7-9,13H,5-6,10H2,1-4H3,(H,20,21). The molecular formula is C17H23BFNO4. The van der Waals surface area contributed by atoms with E-state index in [-0.39, 0.29) is 24.3 Å². The van der Waals surface area contributed by atoms with Gasteiger partial charge in [0.25, 0.3) is 5.91 Å². The minimum atomic E-state index is -0.673. The zero-order chi connectivity index (χ0) is 17.5. The highest BCUT2D eigenvalue weighted by atomic mass is 19.1. The first-order chi connectivity index (χ1) is 11.2. The number of hydrogen-bond acceptors (Lipinski definition) is 4. The Morgan fingerprint density at radius 1 is 1.25 bits per heavy atom. The molecule has 1 aromatic rings. The Hall–Kier alpha value is -1.60. The number of benzene rings is 1. The molecule has 0 spiro atoms. The Balaban J connectivity index is 1.68. The second-order valence-corrected chi connectivity index (χ2v) is 7.44. The molecule has 24 heavy (non-hydrogen) atoms. The van der Waals surface area contributed by atoms with Crippen molar-refractivity contribution in [2.75, 3.05) is 6.61 Å². The Morgan fingerprint density at radius 2 is 1.88 bits per heavy atom. The fourth-order valence-corrected chi connectivity index (χ4v) is 2.43. The van der Waals surface area contributed by atoms with Crippen molar-refractivity contribution in [2.24, 2.45) is 0 Å². The van der Waals surface area contributed by atoms with Crippen LogP contribution in [0.1, 0.15) is 40.5 Å². The molecule has 0 radical (unpaired) electrons. The lowest BCUT2D eigenvalue weighted by atomic mass is 9.79. The van der Waals surface area contributed by atoms with Crippen LogP contribution in [0.15, 0.2) is 18.2 Å². The Labute approximate surface area is 142 Å². The minimum Gasteiger partial charge on any atom is -0.484 e. The molecule has 1 aliphatic carbocycles. The van der Waals surface area contributed by atoms with Gasteiger partial charge in [0.1, 0.15) is 11.6 Å². The van der Waals surface area contributed by atoms with Gasteiger partial charge in [-0.2, -0.15) is 0 Å². The summed E-state index contributed by atoms with van der Waals surface area (Å²) < 4.78 is 31.2. The van der Waals surface area contributed by atoms with E-state index in [1.165, 1.54) is 12.1 Å². The van der Waals surface area contributed by atoms with Gasteiger partial charge in [-0.15, -0.1) is 0 Å². The van der Waals surface area contributed by atoms with Crippen LogP contribution in [-0.4, -0.2) is 36.9 Å². The first kappa shape index (κ1) is 17.2. The molecule has 0 aromatic heterocycles. The van der Waals surface area contributed by atoms with Gasteiger partial charge in [-0.3, -0.25) is 4.79 Å². The van der Waals surface area contributed by atoms with Gasteiger partial charge in [-0.05, 0) is 58.1 Å². The first-order valence-corrected chi connectivity index (χ1v) is 8.25. The first-order valence-electron chi connectivity index (χ1n) is 8.25. The SMILES string of the molecule is CC1(C)OB(c2cc(F)cc(OCC(=O)NC3CC3)c2)OC1(C)C. The van der Waals surface area contributed by atoms with Crippen molar-refractivity contribution >= 4 is 18.5 Å². The van der Waals surface area contributed by atoms with Crippen LogP contribution < -0.4 is 15.5 Å². The molecule has 1 saturated carbocycles. The van der Waals surface area contributed by atoms with Gasteiger partial charge in [-0.25, -0.2) is 4.39 Å². The van der Waals surface area contributed by atoms with Crippen LogP contribution in [0.3, 0.4) is 0 Å².